The summed E-state index contributed by atoms with van der Waals surface area (Å²) in [5.74, 6) is -1.06. The fourth-order valence-electron chi connectivity index (χ4n) is 1.08. The van der Waals surface area contributed by atoms with Crippen molar-refractivity contribution in [1.82, 2.24) is 5.32 Å². The highest BCUT2D eigenvalue weighted by Gasteiger charge is 2.09. The van der Waals surface area contributed by atoms with Gasteiger partial charge in [-0.3, -0.25) is 0 Å². The van der Waals surface area contributed by atoms with Gasteiger partial charge in [0, 0.05) is 18.2 Å². The van der Waals surface area contributed by atoms with Crippen LogP contribution in [0.5, 0.6) is 0 Å². The molecule has 78 valence electrons. The Morgan fingerprint density at radius 2 is 1.57 bits per heavy atom. The van der Waals surface area contributed by atoms with E-state index in [9.17, 15) is 8.78 Å². The van der Waals surface area contributed by atoms with Crippen LogP contribution >= 0.6 is 0 Å². The second-order valence-electron chi connectivity index (χ2n) is 4.38. The number of hydrogen-bond acceptors (Lipinski definition) is 1. The average Bonchev–Trinajstić information content (AvgIpc) is 1.97. The average molecular weight is 199 g/mol. The van der Waals surface area contributed by atoms with Crippen LogP contribution in [0.15, 0.2) is 18.2 Å². The summed E-state index contributed by atoms with van der Waals surface area (Å²) in [6, 6.07) is 3.55. The molecule has 0 saturated heterocycles. The number of rotatable bonds is 2. The first-order chi connectivity index (χ1) is 6.37. The Kier molecular flexibility index (Phi) is 3.21. The summed E-state index contributed by atoms with van der Waals surface area (Å²) in [7, 11) is 0. The van der Waals surface area contributed by atoms with Crippen LogP contribution in [-0.2, 0) is 6.54 Å². The van der Waals surface area contributed by atoms with Crippen molar-refractivity contribution in [3.63, 3.8) is 0 Å². The zero-order valence-electron chi connectivity index (χ0n) is 8.70. The van der Waals surface area contributed by atoms with Crippen LogP contribution in [0.4, 0.5) is 8.78 Å². The Bertz CT molecular complexity index is 295. The lowest BCUT2D eigenvalue weighted by Gasteiger charge is -2.20. The fourth-order valence-corrected chi connectivity index (χ4v) is 1.08. The lowest BCUT2D eigenvalue weighted by molar-refractivity contribution is 0.422. The molecular formula is C11H15F2N. The summed E-state index contributed by atoms with van der Waals surface area (Å²) >= 11 is 0. The van der Waals surface area contributed by atoms with Gasteiger partial charge in [0.1, 0.15) is 11.6 Å². The van der Waals surface area contributed by atoms with Gasteiger partial charge in [-0.15, -0.1) is 0 Å². The van der Waals surface area contributed by atoms with Gasteiger partial charge in [-0.25, -0.2) is 8.78 Å². The van der Waals surface area contributed by atoms with Crippen molar-refractivity contribution in [3.8, 4) is 0 Å². The molecule has 1 aromatic rings. The minimum absolute atomic E-state index is 0.0528. The van der Waals surface area contributed by atoms with Gasteiger partial charge >= 0.3 is 0 Å². The van der Waals surface area contributed by atoms with Gasteiger partial charge in [0.05, 0.1) is 0 Å². The normalized spacial score (nSPS) is 11.8. The second kappa shape index (κ2) is 4.05. The summed E-state index contributed by atoms with van der Waals surface area (Å²) in [6.07, 6.45) is 0. The molecule has 0 aliphatic heterocycles. The summed E-state index contributed by atoms with van der Waals surface area (Å²) in [6.45, 7) is 6.48. The zero-order valence-corrected chi connectivity index (χ0v) is 8.70. The lowest BCUT2D eigenvalue weighted by atomic mass is 10.1. The van der Waals surface area contributed by atoms with Crippen molar-refractivity contribution in [3.05, 3.63) is 35.4 Å². The smallest absolute Gasteiger partial charge is 0.126 e. The fraction of sp³-hybridized carbons (Fsp3) is 0.455. The van der Waals surface area contributed by atoms with Gasteiger partial charge in [0.15, 0.2) is 0 Å². The predicted molar refractivity (Wildman–Crippen MR) is 53.0 cm³/mol. The Morgan fingerprint density at radius 1 is 1.07 bits per heavy atom. The quantitative estimate of drug-likeness (QED) is 0.772. The van der Waals surface area contributed by atoms with Crippen molar-refractivity contribution >= 4 is 0 Å². The van der Waals surface area contributed by atoms with E-state index in [2.05, 4.69) is 5.32 Å². The van der Waals surface area contributed by atoms with E-state index in [0.29, 0.717) is 12.1 Å². The van der Waals surface area contributed by atoms with E-state index < -0.39 is 11.6 Å². The first-order valence-electron chi connectivity index (χ1n) is 4.57. The molecular weight excluding hydrogens is 184 g/mol. The number of halogens is 2. The molecule has 0 saturated carbocycles. The van der Waals surface area contributed by atoms with Crippen LogP contribution in [0, 0.1) is 11.6 Å². The maximum Gasteiger partial charge on any atom is 0.126 e. The standard InChI is InChI=1S/C11H15F2N/c1-11(2,3)14-7-8-4-9(12)6-10(13)5-8/h4-6,14H,7H2,1-3H3. The third kappa shape index (κ3) is 3.83. The highest BCUT2D eigenvalue weighted by Crippen LogP contribution is 2.09. The van der Waals surface area contributed by atoms with Crippen LogP contribution in [0.1, 0.15) is 26.3 Å². The van der Waals surface area contributed by atoms with Crippen molar-refractivity contribution in [1.29, 1.82) is 0 Å². The molecule has 0 amide bonds. The van der Waals surface area contributed by atoms with E-state index in [1.54, 1.807) is 0 Å². The van der Waals surface area contributed by atoms with Gasteiger partial charge in [-0.1, -0.05) is 0 Å². The van der Waals surface area contributed by atoms with Crippen LogP contribution in [-0.4, -0.2) is 5.54 Å². The number of benzene rings is 1. The molecule has 14 heavy (non-hydrogen) atoms. The minimum atomic E-state index is -0.532. The molecule has 0 aliphatic rings. The van der Waals surface area contributed by atoms with E-state index >= 15 is 0 Å². The third-order valence-electron chi connectivity index (χ3n) is 1.75. The molecule has 1 aromatic carbocycles. The first-order valence-corrected chi connectivity index (χ1v) is 4.57. The molecule has 0 aromatic heterocycles. The maximum atomic E-state index is 12.8. The molecule has 0 unspecified atom stereocenters. The summed E-state index contributed by atoms with van der Waals surface area (Å²) in [5.41, 5.74) is 0.570. The van der Waals surface area contributed by atoms with Crippen LogP contribution < -0.4 is 5.32 Å². The van der Waals surface area contributed by atoms with Crippen molar-refractivity contribution < 1.29 is 8.78 Å². The van der Waals surface area contributed by atoms with Gasteiger partial charge < -0.3 is 5.32 Å². The molecule has 1 nitrogen and oxygen atoms in total. The highest BCUT2D eigenvalue weighted by molar-refractivity contribution is 5.17. The molecule has 1 rings (SSSR count). The number of nitrogens with one attached hydrogen (secondary N) is 1. The highest BCUT2D eigenvalue weighted by atomic mass is 19.1. The Hall–Kier alpha value is -0.960. The van der Waals surface area contributed by atoms with Crippen LogP contribution in [0.25, 0.3) is 0 Å². The second-order valence-corrected chi connectivity index (χ2v) is 4.38. The maximum absolute atomic E-state index is 12.8. The number of hydrogen-bond donors (Lipinski definition) is 1. The Morgan fingerprint density at radius 3 is 2.00 bits per heavy atom. The van der Waals surface area contributed by atoms with E-state index in [4.69, 9.17) is 0 Å². The molecule has 1 N–H and O–H groups in total. The predicted octanol–water partition coefficient (Wildman–Crippen LogP) is 2.85. The summed E-state index contributed by atoms with van der Waals surface area (Å²) < 4.78 is 25.6. The van der Waals surface area contributed by atoms with Gasteiger partial charge in [0.2, 0.25) is 0 Å². The molecule has 0 aliphatic carbocycles. The van der Waals surface area contributed by atoms with Gasteiger partial charge in [-0.05, 0) is 38.5 Å². The Balaban J connectivity index is 2.68. The molecule has 0 spiro atoms. The van der Waals surface area contributed by atoms with E-state index in [0.717, 1.165) is 6.07 Å². The SMILES string of the molecule is CC(C)(C)NCc1cc(F)cc(F)c1. The first kappa shape index (κ1) is 11.1. The minimum Gasteiger partial charge on any atom is -0.308 e. The largest absolute Gasteiger partial charge is 0.308 e. The Labute approximate surface area is 83.1 Å². The molecule has 0 fully saturated rings. The van der Waals surface area contributed by atoms with E-state index in [-0.39, 0.29) is 5.54 Å². The lowest BCUT2D eigenvalue weighted by Crippen LogP contribution is -2.35. The van der Waals surface area contributed by atoms with Crippen molar-refractivity contribution in [2.24, 2.45) is 0 Å². The molecule has 0 bridgehead atoms. The van der Waals surface area contributed by atoms with Crippen molar-refractivity contribution in [2.45, 2.75) is 32.9 Å². The van der Waals surface area contributed by atoms with Gasteiger partial charge in [-0.2, -0.15) is 0 Å². The zero-order chi connectivity index (χ0) is 10.8. The van der Waals surface area contributed by atoms with E-state index in [1.165, 1.54) is 12.1 Å². The van der Waals surface area contributed by atoms with Crippen molar-refractivity contribution in [2.75, 3.05) is 0 Å². The third-order valence-corrected chi connectivity index (χ3v) is 1.75. The molecule has 3 heteroatoms. The summed E-state index contributed by atoms with van der Waals surface area (Å²) in [5, 5.41) is 3.16. The molecule has 0 atom stereocenters. The van der Waals surface area contributed by atoms with Crippen LogP contribution in [0.3, 0.4) is 0 Å². The van der Waals surface area contributed by atoms with Crippen LogP contribution in [0.2, 0.25) is 0 Å². The van der Waals surface area contributed by atoms with Gasteiger partial charge in [0.25, 0.3) is 0 Å². The molecule has 0 heterocycles. The monoisotopic (exact) mass is 199 g/mol. The summed E-state index contributed by atoms with van der Waals surface area (Å²) in [4.78, 5) is 0. The van der Waals surface area contributed by atoms with E-state index in [1.807, 2.05) is 20.8 Å². The topological polar surface area (TPSA) is 12.0 Å². The molecule has 0 radical (unpaired) electrons.